The molecule has 5 heteroatoms. The molecule has 0 radical (unpaired) electrons. The maximum absolute atomic E-state index is 9.86. The molecule has 1 aromatic carbocycles. The van der Waals surface area contributed by atoms with Crippen LogP contribution in [-0.2, 0) is 0 Å². The van der Waals surface area contributed by atoms with Gasteiger partial charge in [0.25, 0.3) is 0 Å². The summed E-state index contributed by atoms with van der Waals surface area (Å²) in [6.07, 6.45) is 0.546. The van der Waals surface area contributed by atoms with Crippen LogP contribution < -0.4 is 10.6 Å². The lowest BCUT2D eigenvalue weighted by Crippen LogP contribution is -2.42. The number of amidine groups is 1. The highest BCUT2D eigenvalue weighted by Crippen LogP contribution is 2.32. The molecule has 1 fully saturated rings. The Kier molecular flexibility index (Phi) is 4.94. The molecular weight excluding hydrogens is 270 g/mol. The van der Waals surface area contributed by atoms with Gasteiger partial charge in [-0.25, -0.2) is 0 Å². The van der Waals surface area contributed by atoms with E-state index in [4.69, 9.17) is 11.1 Å². The van der Waals surface area contributed by atoms with E-state index in [1.165, 1.54) is 0 Å². The molecule has 1 heterocycles. The number of hydrogen-bond donors (Lipinski definition) is 3. The first-order valence-electron chi connectivity index (χ1n) is 7.07. The van der Waals surface area contributed by atoms with E-state index >= 15 is 0 Å². The number of thioether (sulfide) groups is 1. The van der Waals surface area contributed by atoms with Gasteiger partial charge in [-0.05, 0) is 30.2 Å². The summed E-state index contributed by atoms with van der Waals surface area (Å²) in [7, 11) is 0. The van der Waals surface area contributed by atoms with Crippen molar-refractivity contribution < 1.29 is 5.11 Å². The summed E-state index contributed by atoms with van der Waals surface area (Å²) in [6.45, 7) is 5.78. The molecule has 20 heavy (non-hydrogen) atoms. The zero-order chi connectivity index (χ0) is 14.7. The number of aliphatic hydroxyl groups is 1. The van der Waals surface area contributed by atoms with Crippen molar-refractivity contribution in [2.24, 2.45) is 11.7 Å². The summed E-state index contributed by atoms with van der Waals surface area (Å²) in [5.41, 5.74) is 7.67. The summed E-state index contributed by atoms with van der Waals surface area (Å²) in [6, 6.07) is 6.08. The van der Waals surface area contributed by atoms with E-state index in [0.29, 0.717) is 0 Å². The number of rotatable bonds is 4. The molecule has 1 saturated heterocycles. The largest absolute Gasteiger partial charge is 0.393 e. The molecule has 0 amide bonds. The van der Waals surface area contributed by atoms with Crippen molar-refractivity contribution >= 4 is 23.3 Å². The molecule has 2 rings (SSSR count). The van der Waals surface area contributed by atoms with Crippen molar-refractivity contribution in [3.8, 4) is 0 Å². The first-order chi connectivity index (χ1) is 9.54. The molecule has 110 valence electrons. The zero-order valence-corrected chi connectivity index (χ0v) is 12.9. The Morgan fingerprint density at radius 2 is 2.30 bits per heavy atom. The highest BCUT2D eigenvalue weighted by Gasteiger charge is 2.26. The molecule has 4 nitrogen and oxygen atoms in total. The molecule has 0 saturated carbocycles. The Bertz CT molecular complexity index is 492. The minimum absolute atomic E-state index is 0.121. The second-order valence-electron chi connectivity index (χ2n) is 5.28. The number of aliphatic hydroxyl groups excluding tert-OH is 1. The van der Waals surface area contributed by atoms with E-state index in [1.807, 2.05) is 18.2 Å². The number of nitrogens with two attached hydrogens (primary N) is 1. The lowest BCUT2D eigenvalue weighted by atomic mass is 9.95. The van der Waals surface area contributed by atoms with Gasteiger partial charge in [0.15, 0.2) is 0 Å². The predicted octanol–water partition coefficient (Wildman–Crippen LogP) is 2.29. The van der Waals surface area contributed by atoms with Gasteiger partial charge in [0.05, 0.1) is 11.7 Å². The Morgan fingerprint density at radius 1 is 1.55 bits per heavy atom. The fourth-order valence-electron chi connectivity index (χ4n) is 2.68. The van der Waals surface area contributed by atoms with Gasteiger partial charge in [0.2, 0.25) is 0 Å². The predicted molar refractivity (Wildman–Crippen MR) is 85.9 cm³/mol. The lowest BCUT2D eigenvalue weighted by molar-refractivity contribution is 0.0971. The summed E-state index contributed by atoms with van der Waals surface area (Å²) in [4.78, 5) is 3.31. The summed E-state index contributed by atoms with van der Waals surface area (Å²) < 4.78 is 0. The first kappa shape index (κ1) is 15.2. The van der Waals surface area contributed by atoms with Gasteiger partial charge in [-0.1, -0.05) is 19.9 Å². The monoisotopic (exact) mass is 293 g/mol. The second kappa shape index (κ2) is 6.50. The number of nitrogens with one attached hydrogen (secondary N) is 1. The van der Waals surface area contributed by atoms with Gasteiger partial charge in [-0.3, -0.25) is 5.41 Å². The average molecular weight is 293 g/mol. The Hall–Kier alpha value is -1.20. The van der Waals surface area contributed by atoms with Crippen LogP contribution in [0.3, 0.4) is 0 Å². The highest BCUT2D eigenvalue weighted by atomic mass is 32.2. The normalized spacial score (nSPS) is 22.9. The number of piperidine rings is 1. The second-order valence-corrected chi connectivity index (χ2v) is 6.58. The maximum Gasteiger partial charge on any atom is 0.126 e. The van der Waals surface area contributed by atoms with E-state index in [2.05, 4.69) is 18.7 Å². The number of nitrogens with zero attached hydrogens (tertiary/aromatic N) is 1. The zero-order valence-electron chi connectivity index (χ0n) is 12.1. The lowest BCUT2D eigenvalue weighted by Gasteiger charge is -2.37. The van der Waals surface area contributed by atoms with Crippen LogP contribution in [-0.4, -0.2) is 35.9 Å². The number of anilines is 1. The van der Waals surface area contributed by atoms with Gasteiger partial charge in [0.1, 0.15) is 5.84 Å². The van der Waals surface area contributed by atoms with Crippen LogP contribution >= 0.6 is 11.8 Å². The molecule has 1 aliphatic rings. The third kappa shape index (κ3) is 3.10. The Morgan fingerprint density at radius 3 is 2.90 bits per heavy atom. The van der Waals surface area contributed by atoms with E-state index in [-0.39, 0.29) is 17.9 Å². The van der Waals surface area contributed by atoms with Crippen LogP contribution in [0.25, 0.3) is 0 Å². The van der Waals surface area contributed by atoms with E-state index < -0.39 is 0 Å². The van der Waals surface area contributed by atoms with Crippen molar-refractivity contribution in [3.63, 3.8) is 0 Å². The van der Waals surface area contributed by atoms with Gasteiger partial charge >= 0.3 is 0 Å². The molecule has 0 spiro atoms. The van der Waals surface area contributed by atoms with E-state index in [9.17, 15) is 5.11 Å². The quantitative estimate of drug-likeness (QED) is 0.452. The highest BCUT2D eigenvalue weighted by molar-refractivity contribution is 7.99. The summed E-state index contributed by atoms with van der Waals surface area (Å²) >= 11 is 1.71. The van der Waals surface area contributed by atoms with Crippen molar-refractivity contribution in [1.82, 2.24) is 0 Å². The van der Waals surface area contributed by atoms with Crippen molar-refractivity contribution in [2.75, 3.05) is 23.7 Å². The van der Waals surface area contributed by atoms with Gasteiger partial charge in [0, 0.05) is 23.7 Å². The van der Waals surface area contributed by atoms with Crippen LogP contribution in [0.15, 0.2) is 23.1 Å². The topological polar surface area (TPSA) is 73.3 Å². The van der Waals surface area contributed by atoms with E-state index in [1.54, 1.807) is 11.8 Å². The average Bonchev–Trinajstić information content (AvgIpc) is 2.42. The molecule has 0 aliphatic carbocycles. The van der Waals surface area contributed by atoms with Gasteiger partial charge in [-0.15, -0.1) is 11.8 Å². The molecule has 2 unspecified atom stereocenters. The molecular formula is C15H23N3OS. The molecule has 4 N–H and O–H groups in total. The van der Waals surface area contributed by atoms with Crippen LogP contribution in [0.5, 0.6) is 0 Å². The summed E-state index contributed by atoms with van der Waals surface area (Å²) in [5, 5.41) is 17.8. The van der Waals surface area contributed by atoms with Crippen LogP contribution in [0.1, 0.15) is 25.8 Å². The summed E-state index contributed by atoms with van der Waals surface area (Å²) in [5.74, 6) is 1.32. The van der Waals surface area contributed by atoms with E-state index in [0.717, 1.165) is 41.4 Å². The maximum atomic E-state index is 9.86. The standard InChI is InChI=1S/C15H23N3OS/c1-3-20-13-6-4-5-11(14(13)15(16)17)18-8-7-12(19)10(2)9-18/h4-6,10,12,19H,3,7-9H2,1-2H3,(H3,16,17). The van der Waals surface area contributed by atoms with Gasteiger partial charge < -0.3 is 15.7 Å². The smallest absolute Gasteiger partial charge is 0.126 e. The molecule has 1 aromatic rings. The Labute approximate surface area is 124 Å². The third-order valence-electron chi connectivity index (χ3n) is 3.77. The fourth-order valence-corrected chi connectivity index (χ4v) is 3.53. The number of hydrogen-bond acceptors (Lipinski definition) is 4. The van der Waals surface area contributed by atoms with Crippen LogP contribution in [0.2, 0.25) is 0 Å². The first-order valence-corrected chi connectivity index (χ1v) is 8.06. The van der Waals surface area contributed by atoms with Crippen LogP contribution in [0.4, 0.5) is 5.69 Å². The third-order valence-corrected chi connectivity index (χ3v) is 4.71. The number of benzene rings is 1. The molecule has 0 bridgehead atoms. The van der Waals surface area contributed by atoms with Gasteiger partial charge in [-0.2, -0.15) is 0 Å². The minimum atomic E-state index is -0.222. The van der Waals surface area contributed by atoms with Crippen molar-refractivity contribution in [3.05, 3.63) is 23.8 Å². The minimum Gasteiger partial charge on any atom is -0.393 e. The van der Waals surface area contributed by atoms with Crippen molar-refractivity contribution in [1.29, 1.82) is 5.41 Å². The SMILES string of the molecule is CCSc1cccc(N2CCC(O)C(C)C2)c1C(=N)N. The fraction of sp³-hybridized carbons (Fsp3) is 0.533. The van der Waals surface area contributed by atoms with Crippen molar-refractivity contribution in [2.45, 2.75) is 31.3 Å². The molecule has 2 atom stereocenters. The van der Waals surface area contributed by atoms with Crippen LogP contribution in [0, 0.1) is 11.3 Å². The molecule has 0 aromatic heterocycles. The molecule has 1 aliphatic heterocycles. The Balaban J connectivity index is 2.35. The number of nitrogen functional groups attached to an aromatic ring is 1.